The van der Waals surface area contributed by atoms with Crippen LogP contribution in [-0.2, 0) is 27.7 Å². The maximum absolute atomic E-state index is 12.8. The van der Waals surface area contributed by atoms with E-state index < -0.39 is 9.84 Å². The minimum atomic E-state index is -3.56. The number of benzene rings is 3. The highest BCUT2D eigenvalue weighted by Gasteiger charge is 2.19. The molecule has 0 saturated carbocycles. The zero-order valence-electron chi connectivity index (χ0n) is 16.9. The van der Waals surface area contributed by atoms with Gasteiger partial charge in [0.15, 0.2) is 0 Å². The van der Waals surface area contributed by atoms with Gasteiger partial charge in [0.25, 0.3) is 0 Å². The van der Waals surface area contributed by atoms with Gasteiger partial charge < -0.3 is 9.30 Å². The van der Waals surface area contributed by atoms with E-state index in [9.17, 15) is 8.42 Å². The number of aromatic nitrogens is 2. The minimum absolute atomic E-state index is 0.239. The number of imidazole rings is 1. The molecule has 0 amide bonds. The highest BCUT2D eigenvalue weighted by atomic mass is 35.5. The molecule has 0 aliphatic heterocycles. The molecular formula is C24H20Cl2N2O3S. The Labute approximate surface area is 197 Å². The number of ether oxygens (including phenoxy) is 1. The smallest absolute Gasteiger partial charge is 0.206 e. The number of nitrogens with zero attached hydrogens (tertiary/aromatic N) is 2. The summed E-state index contributed by atoms with van der Waals surface area (Å²) in [6.07, 6.45) is 4.92. The molecule has 3 aromatic carbocycles. The molecule has 0 spiro atoms. The molecule has 32 heavy (non-hydrogen) atoms. The van der Waals surface area contributed by atoms with Gasteiger partial charge in [0.2, 0.25) is 9.84 Å². The third-order valence-electron chi connectivity index (χ3n) is 4.98. The van der Waals surface area contributed by atoms with Crippen LogP contribution < -0.4 is 0 Å². The van der Waals surface area contributed by atoms with Crippen molar-refractivity contribution in [3.05, 3.63) is 113 Å². The normalized spacial score (nSPS) is 12.6. The molecule has 1 atom stereocenters. The van der Waals surface area contributed by atoms with Gasteiger partial charge in [-0.15, -0.1) is 0 Å². The zero-order valence-corrected chi connectivity index (χ0v) is 19.3. The summed E-state index contributed by atoms with van der Waals surface area (Å²) in [5, 5.41) is 1.07. The lowest BCUT2D eigenvalue weighted by Gasteiger charge is -2.20. The van der Waals surface area contributed by atoms with Crippen LogP contribution >= 0.6 is 23.2 Å². The summed E-state index contributed by atoms with van der Waals surface area (Å²) in [6, 6.07) is 20.4. The highest BCUT2D eigenvalue weighted by molar-refractivity contribution is 7.91. The zero-order chi connectivity index (χ0) is 22.6. The molecule has 0 fully saturated rings. The molecule has 0 unspecified atom stereocenters. The number of rotatable bonds is 8. The summed E-state index contributed by atoms with van der Waals surface area (Å²) in [6.45, 7) is 0.797. The number of sulfone groups is 1. The van der Waals surface area contributed by atoms with Crippen molar-refractivity contribution >= 4 is 33.0 Å². The second-order valence-corrected chi connectivity index (χ2v) is 9.98. The molecule has 8 heteroatoms. The van der Waals surface area contributed by atoms with Crippen LogP contribution in [0.1, 0.15) is 17.2 Å². The van der Waals surface area contributed by atoms with Crippen molar-refractivity contribution in [1.29, 1.82) is 0 Å². The second kappa shape index (κ2) is 9.88. The van der Waals surface area contributed by atoms with Gasteiger partial charge in [-0.3, -0.25) is 0 Å². The van der Waals surface area contributed by atoms with Gasteiger partial charge in [-0.25, -0.2) is 13.4 Å². The maximum Gasteiger partial charge on any atom is 0.206 e. The highest BCUT2D eigenvalue weighted by Crippen LogP contribution is 2.30. The van der Waals surface area contributed by atoms with Crippen LogP contribution in [0.5, 0.6) is 0 Å². The summed E-state index contributed by atoms with van der Waals surface area (Å²) in [4.78, 5) is 4.58. The van der Waals surface area contributed by atoms with Crippen LogP contribution in [0, 0.1) is 0 Å². The van der Waals surface area contributed by atoms with Crippen LogP contribution in [0.15, 0.2) is 101 Å². The fraction of sp³-hybridized carbons (Fsp3) is 0.125. The Morgan fingerprint density at radius 3 is 2.31 bits per heavy atom. The van der Waals surface area contributed by atoms with E-state index >= 15 is 0 Å². The SMILES string of the molecule is O=S(=O)(c1ccccc1)c1ccc(CO[C@H](Cn2ccnc2)c2ccc(Cl)cc2Cl)cc1. The van der Waals surface area contributed by atoms with E-state index in [1.165, 1.54) is 0 Å². The van der Waals surface area contributed by atoms with E-state index in [0.717, 1.165) is 11.1 Å². The van der Waals surface area contributed by atoms with E-state index in [-0.39, 0.29) is 22.5 Å². The average molecular weight is 487 g/mol. The van der Waals surface area contributed by atoms with Crippen LogP contribution in [0.2, 0.25) is 10.0 Å². The summed E-state index contributed by atoms with van der Waals surface area (Å²) in [7, 11) is -3.56. The number of hydrogen-bond acceptors (Lipinski definition) is 4. The second-order valence-electron chi connectivity index (χ2n) is 7.19. The molecular weight excluding hydrogens is 467 g/mol. The van der Waals surface area contributed by atoms with Crippen molar-refractivity contribution in [3.8, 4) is 0 Å². The average Bonchev–Trinajstić information content (AvgIpc) is 3.31. The molecule has 0 saturated heterocycles. The van der Waals surface area contributed by atoms with Crippen molar-refractivity contribution < 1.29 is 13.2 Å². The Kier molecular flexibility index (Phi) is 6.96. The fourth-order valence-electron chi connectivity index (χ4n) is 3.29. The van der Waals surface area contributed by atoms with Crippen molar-refractivity contribution in [3.63, 3.8) is 0 Å². The van der Waals surface area contributed by atoms with Crippen molar-refractivity contribution in [2.24, 2.45) is 0 Å². The van der Waals surface area contributed by atoms with E-state index in [2.05, 4.69) is 4.98 Å². The Hall–Kier alpha value is -2.64. The Balaban J connectivity index is 1.52. The summed E-state index contributed by atoms with van der Waals surface area (Å²) in [5.74, 6) is 0. The Bertz CT molecular complexity index is 1280. The summed E-state index contributed by atoms with van der Waals surface area (Å²) in [5.41, 5.74) is 1.66. The molecule has 0 aliphatic rings. The van der Waals surface area contributed by atoms with E-state index in [1.54, 1.807) is 79.3 Å². The summed E-state index contributed by atoms with van der Waals surface area (Å²) < 4.78 is 33.6. The lowest BCUT2D eigenvalue weighted by molar-refractivity contribution is 0.0280. The van der Waals surface area contributed by atoms with Gasteiger partial charge in [-0.2, -0.15) is 0 Å². The van der Waals surface area contributed by atoms with E-state index in [4.69, 9.17) is 27.9 Å². The Morgan fingerprint density at radius 2 is 1.66 bits per heavy atom. The van der Waals surface area contributed by atoms with Crippen LogP contribution in [-0.4, -0.2) is 18.0 Å². The molecule has 0 bridgehead atoms. The lowest BCUT2D eigenvalue weighted by atomic mass is 10.1. The molecule has 5 nitrogen and oxygen atoms in total. The first-order valence-corrected chi connectivity index (χ1v) is 12.1. The van der Waals surface area contributed by atoms with E-state index in [1.807, 2.05) is 16.8 Å². The number of hydrogen-bond donors (Lipinski definition) is 0. The third kappa shape index (κ3) is 5.22. The third-order valence-corrected chi connectivity index (χ3v) is 7.33. The largest absolute Gasteiger partial charge is 0.367 e. The predicted octanol–water partition coefficient (Wildman–Crippen LogP) is 5.98. The van der Waals surface area contributed by atoms with Gasteiger partial charge in [-0.1, -0.05) is 59.6 Å². The maximum atomic E-state index is 12.8. The molecule has 0 N–H and O–H groups in total. The standard InChI is InChI=1S/C24H20Cl2N2O3S/c25-19-8-11-22(23(26)14-19)24(15-28-13-12-27-17-28)31-16-18-6-9-21(10-7-18)32(29,30)20-4-2-1-3-5-20/h1-14,17,24H,15-16H2/t24-/m1/s1. The monoisotopic (exact) mass is 486 g/mol. The number of halogens is 2. The molecule has 4 rings (SSSR count). The van der Waals surface area contributed by atoms with Gasteiger partial charge >= 0.3 is 0 Å². The molecule has 4 aromatic rings. The van der Waals surface area contributed by atoms with Gasteiger partial charge in [0.05, 0.1) is 29.3 Å². The minimum Gasteiger partial charge on any atom is -0.367 e. The molecule has 1 aromatic heterocycles. The summed E-state index contributed by atoms with van der Waals surface area (Å²) >= 11 is 12.5. The lowest BCUT2D eigenvalue weighted by Crippen LogP contribution is -2.12. The first kappa shape index (κ1) is 22.6. The van der Waals surface area contributed by atoms with Gasteiger partial charge in [-0.05, 0) is 42.0 Å². The van der Waals surface area contributed by atoms with Crippen molar-refractivity contribution in [1.82, 2.24) is 9.55 Å². The predicted molar refractivity (Wildman–Crippen MR) is 125 cm³/mol. The van der Waals surface area contributed by atoms with Gasteiger partial charge in [0, 0.05) is 28.0 Å². The van der Waals surface area contributed by atoms with Crippen molar-refractivity contribution in [2.75, 3.05) is 0 Å². The topological polar surface area (TPSA) is 61.2 Å². The molecule has 1 heterocycles. The fourth-order valence-corrected chi connectivity index (χ4v) is 5.10. The Morgan fingerprint density at radius 1 is 0.938 bits per heavy atom. The van der Waals surface area contributed by atoms with Crippen LogP contribution in [0.25, 0.3) is 0 Å². The quantitative estimate of drug-likeness (QED) is 0.307. The van der Waals surface area contributed by atoms with Crippen LogP contribution in [0.4, 0.5) is 0 Å². The van der Waals surface area contributed by atoms with Crippen LogP contribution in [0.3, 0.4) is 0 Å². The van der Waals surface area contributed by atoms with E-state index in [0.29, 0.717) is 16.6 Å². The molecule has 0 aliphatic carbocycles. The molecule has 0 radical (unpaired) electrons. The molecule has 164 valence electrons. The first-order valence-electron chi connectivity index (χ1n) is 9.85. The van der Waals surface area contributed by atoms with Crippen molar-refractivity contribution in [2.45, 2.75) is 29.0 Å². The first-order chi connectivity index (χ1) is 15.4. The van der Waals surface area contributed by atoms with Gasteiger partial charge in [0.1, 0.15) is 6.10 Å².